The van der Waals surface area contributed by atoms with Crippen molar-refractivity contribution in [1.82, 2.24) is 10.6 Å². The Morgan fingerprint density at radius 3 is 2.69 bits per heavy atom. The number of hydrogen-bond acceptors (Lipinski definition) is 5. The minimum Gasteiger partial charge on any atom is -0.455 e. The van der Waals surface area contributed by atoms with Gasteiger partial charge in [0.15, 0.2) is 6.61 Å². The molecule has 3 amide bonds. The molecule has 1 heterocycles. The van der Waals surface area contributed by atoms with Gasteiger partial charge < -0.3 is 10.1 Å². The fourth-order valence-corrected chi connectivity index (χ4v) is 2.94. The van der Waals surface area contributed by atoms with Crippen LogP contribution in [0.5, 0.6) is 0 Å². The molecule has 1 aromatic carbocycles. The van der Waals surface area contributed by atoms with Gasteiger partial charge in [0.2, 0.25) is 0 Å². The lowest BCUT2D eigenvalue weighted by atomic mass is 10.1. The Kier molecular flexibility index (Phi) is 7.55. The summed E-state index contributed by atoms with van der Waals surface area (Å²) in [5.74, 6) is -2.25. The highest BCUT2D eigenvalue weighted by atomic mass is 35.5. The maximum absolute atomic E-state index is 13.6. The highest BCUT2D eigenvalue weighted by molar-refractivity contribution is 7.09. The molecule has 2 rings (SSSR count). The number of nitrogens with one attached hydrogen (secondary N) is 2. The molecule has 0 aliphatic heterocycles. The predicted molar refractivity (Wildman–Crippen MR) is 95.6 cm³/mol. The van der Waals surface area contributed by atoms with Gasteiger partial charge in [-0.15, -0.1) is 11.3 Å². The van der Waals surface area contributed by atoms with E-state index in [1.807, 2.05) is 22.8 Å². The highest BCUT2D eigenvalue weighted by Gasteiger charge is 2.15. The van der Waals surface area contributed by atoms with Crippen LogP contribution in [-0.4, -0.2) is 31.1 Å². The van der Waals surface area contributed by atoms with Crippen molar-refractivity contribution in [3.8, 4) is 0 Å². The SMILES string of the molecule is O=C(COC(=O)Cc1c(F)cccc1Cl)NC(=O)NCCc1cccs1. The monoisotopic (exact) mass is 398 g/mol. The van der Waals surface area contributed by atoms with E-state index in [0.29, 0.717) is 13.0 Å². The summed E-state index contributed by atoms with van der Waals surface area (Å²) >= 11 is 7.38. The van der Waals surface area contributed by atoms with Crippen molar-refractivity contribution in [3.05, 3.63) is 57.0 Å². The number of carbonyl (C=O) groups is 3. The second-order valence-corrected chi connectivity index (χ2v) is 6.61. The maximum atomic E-state index is 13.6. The van der Waals surface area contributed by atoms with Crippen LogP contribution in [0.4, 0.5) is 9.18 Å². The minimum atomic E-state index is -0.828. The van der Waals surface area contributed by atoms with E-state index < -0.39 is 36.8 Å². The fraction of sp³-hybridized carbons (Fsp3) is 0.235. The molecule has 9 heteroatoms. The zero-order valence-corrected chi connectivity index (χ0v) is 15.2. The number of hydrogen-bond donors (Lipinski definition) is 2. The van der Waals surface area contributed by atoms with Gasteiger partial charge in [0.25, 0.3) is 5.91 Å². The molecule has 6 nitrogen and oxygen atoms in total. The number of rotatable bonds is 7. The van der Waals surface area contributed by atoms with Gasteiger partial charge >= 0.3 is 12.0 Å². The Morgan fingerprint density at radius 2 is 2.00 bits per heavy atom. The van der Waals surface area contributed by atoms with Crippen molar-refractivity contribution >= 4 is 40.8 Å². The van der Waals surface area contributed by atoms with Crippen LogP contribution in [0.25, 0.3) is 0 Å². The number of esters is 1. The summed E-state index contributed by atoms with van der Waals surface area (Å²) in [6.45, 7) is -0.283. The van der Waals surface area contributed by atoms with Gasteiger partial charge in [-0.05, 0) is 30.0 Å². The number of amides is 3. The molecule has 0 radical (unpaired) electrons. The summed E-state index contributed by atoms with van der Waals surface area (Å²) in [5, 5.41) is 6.59. The van der Waals surface area contributed by atoms with Crippen molar-refractivity contribution in [3.63, 3.8) is 0 Å². The summed E-state index contributed by atoms with van der Waals surface area (Å²) in [4.78, 5) is 35.9. The smallest absolute Gasteiger partial charge is 0.321 e. The average molecular weight is 399 g/mol. The van der Waals surface area contributed by atoms with E-state index in [0.717, 1.165) is 4.88 Å². The topological polar surface area (TPSA) is 84.5 Å². The molecule has 1 aromatic heterocycles. The van der Waals surface area contributed by atoms with Gasteiger partial charge in [-0.25, -0.2) is 9.18 Å². The van der Waals surface area contributed by atoms with E-state index in [2.05, 4.69) is 5.32 Å². The molecule has 138 valence electrons. The summed E-state index contributed by atoms with van der Waals surface area (Å²) in [7, 11) is 0. The van der Waals surface area contributed by atoms with Crippen molar-refractivity contribution < 1.29 is 23.5 Å². The van der Waals surface area contributed by atoms with E-state index in [4.69, 9.17) is 16.3 Å². The Balaban J connectivity index is 1.67. The molecule has 0 aliphatic carbocycles. The standard InChI is InChI=1S/C17H16ClFN2O4S/c18-13-4-1-5-14(19)12(13)9-16(23)25-10-15(22)21-17(24)20-7-6-11-3-2-8-26-11/h1-5,8H,6-7,9-10H2,(H2,20,21,22,24). The molecule has 26 heavy (non-hydrogen) atoms. The van der Waals surface area contributed by atoms with E-state index in [1.54, 1.807) is 11.3 Å². The first-order valence-electron chi connectivity index (χ1n) is 7.64. The van der Waals surface area contributed by atoms with Crippen LogP contribution in [0.1, 0.15) is 10.4 Å². The van der Waals surface area contributed by atoms with Gasteiger partial charge in [-0.2, -0.15) is 0 Å². The Labute approximate surface area is 158 Å². The van der Waals surface area contributed by atoms with Crippen LogP contribution >= 0.6 is 22.9 Å². The quantitative estimate of drug-likeness (QED) is 0.702. The maximum Gasteiger partial charge on any atom is 0.321 e. The minimum absolute atomic E-state index is 0.00843. The summed E-state index contributed by atoms with van der Waals surface area (Å²) in [5.41, 5.74) is -0.00843. The van der Waals surface area contributed by atoms with E-state index in [9.17, 15) is 18.8 Å². The molecular weight excluding hydrogens is 383 g/mol. The lowest BCUT2D eigenvalue weighted by Gasteiger charge is -2.08. The summed E-state index contributed by atoms with van der Waals surface area (Å²) in [6.07, 6.45) is 0.240. The summed E-state index contributed by atoms with van der Waals surface area (Å²) in [6, 6.07) is 7.20. The molecule has 0 saturated carbocycles. The van der Waals surface area contributed by atoms with E-state index >= 15 is 0 Å². The van der Waals surface area contributed by atoms with Gasteiger partial charge in [0, 0.05) is 22.0 Å². The van der Waals surface area contributed by atoms with Crippen molar-refractivity contribution in [2.24, 2.45) is 0 Å². The fourth-order valence-electron chi connectivity index (χ4n) is 2.00. The van der Waals surface area contributed by atoms with Gasteiger partial charge in [-0.3, -0.25) is 14.9 Å². The molecule has 0 saturated heterocycles. The van der Waals surface area contributed by atoms with Crippen LogP contribution < -0.4 is 10.6 Å². The number of urea groups is 1. The van der Waals surface area contributed by atoms with Crippen molar-refractivity contribution in [2.45, 2.75) is 12.8 Å². The lowest BCUT2D eigenvalue weighted by molar-refractivity contribution is -0.147. The van der Waals surface area contributed by atoms with E-state index in [-0.39, 0.29) is 10.6 Å². The zero-order valence-electron chi connectivity index (χ0n) is 13.6. The normalized spacial score (nSPS) is 10.2. The third kappa shape index (κ3) is 6.45. The zero-order chi connectivity index (χ0) is 18.9. The molecule has 2 aromatic rings. The van der Waals surface area contributed by atoms with Crippen LogP contribution in [0.3, 0.4) is 0 Å². The molecular formula is C17H16ClFN2O4S. The summed E-state index contributed by atoms with van der Waals surface area (Å²) < 4.78 is 18.3. The molecule has 0 fully saturated rings. The molecule has 0 spiro atoms. The van der Waals surface area contributed by atoms with Gasteiger partial charge in [0.05, 0.1) is 6.42 Å². The van der Waals surface area contributed by atoms with Crippen molar-refractivity contribution in [2.75, 3.05) is 13.2 Å². The number of benzene rings is 1. The Hall–Kier alpha value is -2.45. The van der Waals surface area contributed by atoms with E-state index in [1.165, 1.54) is 18.2 Å². The number of ether oxygens (including phenoxy) is 1. The number of halogens is 2. The van der Waals surface area contributed by atoms with Crippen LogP contribution in [0.2, 0.25) is 5.02 Å². The lowest BCUT2D eigenvalue weighted by Crippen LogP contribution is -2.42. The second-order valence-electron chi connectivity index (χ2n) is 5.17. The largest absolute Gasteiger partial charge is 0.455 e. The number of carbonyl (C=O) groups excluding carboxylic acids is 3. The number of imide groups is 1. The molecule has 2 N–H and O–H groups in total. The van der Waals surface area contributed by atoms with Gasteiger partial charge in [-0.1, -0.05) is 23.7 Å². The Bertz CT molecular complexity index is 763. The third-order valence-corrected chi connectivity index (χ3v) is 4.53. The third-order valence-electron chi connectivity index (χ3n) is 3.24. The highest BCUT2D eigenvalue weighted by Crippen LogP contribution is 2.19. The predicted octanol–water partition coefficient (Wildman–Crippen LogP) is 2.69. The van der Waals surface area contributed by atoms with Crippen molar-refractivity contribution in [1.29, 1.82) is 0 Å². The first-order chi connectivity index (χ1) is 12.5. The van der Waals surface area contributed by atoms with Gasteiger partial charge in [0.1, 0.15) is 5.82 Å². The average Bonchev–Trinajstić information content (AvgIpc) is 3.10. The molecule has 0 unspecified atom stereocenters. The second kappa shape index (κ2) is 9.88. The first-order valence-corrected chi connectivity index (χ1v) is 8.90. The Morgan fingerprint density at radius 1 is 1.19 bits per heavy atom. The number of thiophene rings is 1. The van der Waals surface area contributed by atoms with Crippen LogP contribution in [0, 0.1) is 5.82 Å². The molecule has 0 atom stereocenters. The molecule has 0 bridgehead atoms. The first kappa shape index (κ1) is 19.9. The van der Waals surface area contributed by atoms with Crippen LogP contribution in [-0.2, 0) is 27.2 Å². The molecule has 0 aliphatic rings. The van der Waals surface area contributed by atoms with Crippen LogP contribution in [0.15, 0.2) is 35.7 Å².